The molecule has 0 saturated carbocycles. The van der Waals surface area contributed by atoms with Gasteiger partial charge in [-0.3, -0.25) is 0 Å². The minimum Gasteiger partial charge on any atom is -0.456 e. The van der Waals surface area contributed by atoms with E-state index in [0.717, 1.165) is 22.2 Å². The van der Waals surface area contributed by atoms with Crippen LogP contribution >= 0.6 is 0 Å². The summed E-state index contributed by atoms with van der Waals surface area (Å²) in [5, 5.41) is 0.756. The predicted molar refractivity (Wildman–Crippen MR) is 70.8 cm³/mol. The van der Waals surface area contributed by atoms with E-state index in [4.69, 9.17) is 10.2 Å². The first-order valence-electron chi connectivity index (χ1n) is 5.70. The summed E-state index contributed by atoms with van der Waals surface area (Å²) < 4.78 is 18.9. The van der Waals surface area contributed by atoms with Gasteiger partial charge in [-0.1, -0.05) is 12.1 Å². The van der Waals surface area contributed by atoms with Crippen LogP contribution in [0.5, 0.6) is 0 Å². The zero-order chi connectivity index (χ0) is 12.7. The fourth-order valence-electron chi connectivity index (χ4n) is 2.07. The van der Waals surface area contributed by atoms with Crippen LogP contribution in [0.4, 0.5) is 10.1 Å². The van der Waals surface area contributed by atoms with Gasteiger partial charge in [-0.2, -0.15) is 0 Å². The SMILES string of the molecule is Cc1c(N)cccc1-c1cc2cc(F)ccc2o1. The molecule has 2 aromatic carbocycles. The molecule has 0 aliphatic carbocycles. The molecule has 3 heteroatoms. The highest BCUT2D eigenvalue weighted by atomic mass is 19.1. The van der Waals surface area contributed by atoms with Gasteiger partial charge in [0.15, 0.2) is 0 Å². The molecule has 0 atom stereocenters. The Hall–Kier alpha value is -2.29. The molecule has 2 N–H and O–H groups in total. The molecule has 90 valence electrons. The maximum Gasteiger partial charge on any atom is 0.135 e. The van der Waals surface area contributed by atoms with Gasteiger partial charge in [-0.05, 0) is 42.8 Å². The maximum atomic E-state index is 13.1. The van der Waals surface area contributed by atoms with Crippen molar-refractivity contribution in [1.82, 2.24) is 0 Å². The minimum absolute atomic E-state index is 0.265. The number of nitrogen functional groups attached to an aromatic ring is 1. The maximum absolute atomic E-state index is 13.1. The van der Waals surface area contributed by atoms with Crippen LogP contribution < -0.4 is 5.73 Å². The number of hydrogen-bond acceptors (Lipinski definition) is 2. The highest BCUT2D eigenvalue weighted by Gasteiger charge is 2.10. The molecule has 18 heavy (non-hydrogen) atoms. The number of furan rings is 1. The van der Waals surface area contributed by atoms with Gasteiger partial charge in [-0.15, -0.1) is 0 Å². The molecule has 2 nitrogen and oxygen atoms in total. The van der Waals surface area contributed by atoms with Gasteiger partial charge in [0.25, 0.3) is 0 Å². The predicted octanol–water partition coefficient (Wildman–Crippen LogP) is 4.13. The Bertz CT molecular complexity index is 730. The van der Waals surface area contributed by atoms with Crippen LogP contribution in [-0.2, 0) is 0 Å². The summed E-state index contributed by atoms with van der Waals surface area (Å²) in [4.78, 5) is 0. The third-order valence-electron chi connectivity index (χ3n) is 3.12. The van der Waals surface area contributed by atoms with E-state index in [9.17, 15) is 4.39 Å². The van der Waals surface area contributed by atoms with Crippen molar-refractivity contribution < 1.29 is 8.81 Å². The summed E-state index contributed by atoms with van der Waals surface area (Å²) in [5.41, 5.74) is 9.18. The van der Waals surface area contributed by atoms with Gasteiger partial charge in [-0.25, -0.2) is 4.39 Å². The van der Waals surface area contributed by atoms with Gasteiger partial charge in [0.05, 0.1) is 0 Å². The van der Waals surface area contributed by atoms with Crippen molar-refractivity contribution in [3.63, 3.8) is 0 Å². The van der Waals surface area contributed by atoms with Gasteiger partial charge in [0.1, 0.15) is 17.2 Å². The van der Waals surface area contributed by atoms with E-state index in [1.54, 1.807) is 6.07 Å². The third-order valence-corrected chi connectivity index (χ3v) is 3.12. The van der Waals surface area contributed by atoms with Gasteiger partial charge < -0.3 is 10.2 Å². The van der Waals surface area contributed by atoms with E-state index < -0.39 is 0 Å². The summed E-state index contributed by atoms with van der Waals surface area (Å²) in [6.07, 6.45) is 0. The number of anilines is 1. The lowest BCUT2D eigenvalue weighted by Crippen LogP contribution is -1.90. The van der Waals surface area contributed by atoms with Crippen LogP contribution in [0.15, 0.2) is 46.9 Å². The molecule has 0 unspecified atom stereocenters. The second-order valence-electron chi connectivity index (χ2n) is 4.31. The summed E-state index contributed by atoms with van der Waals surface area (Å²) in [6, 6.07) is 12.0. The van der Waals surface area contributed by atoms with Crippen LogP contribution in [-0.4, -0.2) is 0 Å². The van der Waals surface area contributed by atoms with Gasteiger partial charge >= 0.3 is 0 Å². The Labute approximate surface area is 104 Å². The molecule has 0 bridgehead atoms. The Balaban J connectivity index is 2.22. The van der Waals surface area contributed by atoms with E-state index in [0.29, 0.717) is 11.3 Å². The lowest BCUT2D eigenvalue weighted by molar-refractivity contribution is 0.619. The summed E-state index contributed by atoms with van der Waals surface area (Å²) >= 11 is 0. The van der Waals surface area contributed by atoms with Crippen molar-refractivity contribution >= 4 is 16.7 Å². The topological polar surface area (TPSA) is 39.2 Å². The summed E-state index contributed by atoms with van der Waals surface area (Å²) in [6.45, 7) is 1.94. The number of rotatable bonds is 1. The lowest BCUT2D eigenvalue weighted by Gasteiger charge is -2.04. The smallest absolute Gasteiger partial charge is 0.135 e. The Morgan fingerprint density at radius 3 is 2.78 bits per heavy atom. The van der Waals surface area contributed by atoms with Crippen molar-refractivity contribution in [2.45, 2.75) is 6.92 Å². The van der Waals surface area contributed by atoms with Crippen LogP contribution in [0.3, 0.4) is 0 Å². The molecule has 0 fully saturated rings. The van der Waals surface area contributed by atoms with Gasteiger partial charge in [0, 0.05) is 16.6 Å². The monoisotopic (exact) mass is 241 g/mol. The average molecular weight is 241 g/mol. The Morgan fingerprint density at radius 1 is 1.11 bits per heavy atom. The molecular formula is C15H12FNO. The van der Waals surface area contributed by atoms with Crippen molar-refractivity contribution in [1.29, 1.82) is 0 Å². The number of nitrogens with two attached hydrogens (primary N) is 1. The molecule has 0 amide bonds. The molecule has 3 aromatic rings. The molecule has 0 radical (unpaired) electrons. The first kappa shape index (κ1) is 10.8. The summed E-state index contributed by atoms with van der Waals surface area (Å²) in [5.74, 6) is 0.444. The van der Waals surface area contributed by atoms with Crippen molar-refractivity contribution in [3.05, 3.63) is 53.8 Å². The number of benzene rings is 2. The highest BCUT2D eigenvalue weighted by Crippen LogP contribution is 2.32. The second-order valence-corrected chi connectivity index (χ2v) is 4.31. The third kappa shape index (κ3) is 1.64. The first-order chi connectivity index (χ1) is 8.65. The van der Waals surface area contributed by atoms with E-state index in [2.05, 4.69) is 0 Å². The van der Waals surface area contributed by atoms with Crippen LogP contribution in [0.1, 0.15) is 5.56 Å². The number of fused-ring (bicyclic) bond motifs is 1. The van der Waals surface area contributed by atoms with Crippen molar-refractivity contribution in [2.75, 3.05) is 5.73 Å². The largest absolute Gasteiger partial charge is 0.456 e. The number of hydrogen-bond donors (Lipinski definition) is 1. The van der Waals surface area contributed by atoms with Crippen LogP contribution in [0.2, 0.25) is 0 Å². The summed E-state index contributed by atoms with van der Waals surface area (Å²) in [7, 11) is 0. The van der Waals surface area contributed by atoms with Crippen LogP contribution in [0.25, 0.3) is 22.3 Å². The van der Waals surface area contributed by atoms with E-state index in [1.165, 1.54) is 12.1 Å². The molecule has 0 spiro atoms. The van der Waals surface area contributed by atoms with Gasteiger partial charge in [0.2, 0.25) is 0 Å². The van der Waals surface area contributed by atoms with Crippen molar-refractivity contribution in [3.8, 4) is 11.3 Å². The Kier molecular flexibility index (Phi) is 2.33. The molecule has 0 saturated heterocycles. The van der Waals surface area contributed by atoms with Crippen molar-refractivity contribution in [2.24, 2.45) is 0 Å². The quantitative estimate of drug-likeness (QED) is 0.650. The number of halogens is 1. The molecule has 1 aromatic heterocycles. The van der Waals surface area contributed by atoms with Crippen LogP contribution in [0, 0.1) is 12.7 Å². The fraction of sp³-hybridized carbons (Fsp3) is 0.0667. The standard InChI is InChI=1S/C15H12FNO/c1-9-12(3-2-4-13(9)17)15-8-10-7-11(16)5-6-14(10)18-15/h2-8H,17H2,1H3. The zero-order valence-electron chi connectivity index (χ0n) is 9.91. The van der Waals surface area contributed by atoms with E-state index in [-0.39, 0.29) is 5.82 Å². The highest BCUT2D eigenvalue weighted by molar-refractivity contribution is 5.84. The van der Waals surface area contributed by atoms with E-state index in [1.807, 2.05) is 31.2 Å². The van der Waals surface area contributed by atoms with E-state index >= 15 is 0 Å². The minimum atomic E-state index is -0.265. The first-order valence-corrected chi connectivity index (χ1v) is 5.70. The Morgan fingerprint density at radius 2 is 1.94 bits per heavy atom. The fourth-order valence-corrected chi connectivity index (χ4v) is 2.07. The molecule has 1 heterocycles. The molecule has 0 aliphatic rings. The molecular weight excluding hydrogens is 229 g/mol. The molecule has 3 rings (SSSR count). The lowest BCUT2D eigenvalue weighted by atomic mass is 10.0. The zero-order valence-corrected chi connectivity index (χ0v) is 9.91. The normalized spacial score (nSPS) is 11.0. The molecule has 0 aliphatic heterocycles. The average Bonchev–Trinajstić information content (AvgIpc) is 2.75. The second kappa shape index (κ2) is 3.88.